The van der Waals surface area contributed by atoms with Crippen molar-refractivity contribution in [3.05, 3.63) is 65.2 Å². The Hall–Kier alpha value is -2.82. The van der Waals surface area contributed by atoms with Crippen molar-refractivity contribution in [3.63, 3.8) is 0 Å². The van der Waals surface area contributed by atoms with Gasteiger partial charge in [0.2, 0.25) is 0 Å². The zero-order valence-corrected chi connectivity index (χ0v) is 15.5. The zero-order valence-electron chi connectivity index (χ0n) is 15.5. The second-order valence-corrected chi connectivity index (χ2v) is 6.44. The third-order valence-corrected chi connectivity index (χ3v) is 4.01. The Bertz CT molecular complexity index is 742. The number of carbonyl (C=O) groups excluding carboxylic acids is 2. The van der Waals surface area contributed by atoms with Gasteiger partial charge < -0.3 is 15.4 Å². The Morgan fingerprint density at radius 3 is 2.38 bits per heavy atom. The molecule has 2 rings (SSSR count). The third-order valence-electron chi connectivity index (χ3n) is 4.01. The molecule has 5 nitrogen and oxygen atoms in total. The van der Waals surface area contributed by atoms with E-state index >= 15 is 0 Å². The average Bonchev–Trinajstić information content (AvgIpc) is 2.64. The van der Waals surface area contributed by atoms with Gasteiger partial charge in [-0.3, -0.25) is 9.59 Å². The van der Waals surface area contributed by atoms with Gasteiger partial charge >= 0.3 is 0 Å². The molecule has 0 radical (unpaired) electrons. The molecular formula is C21H26N2O3. The summed E-state index contributed by atoms with van der Waals surface area (Å²) in [5, 5.41) is 5.50. The number of amides is 2. The summed E-state index contributed by atoms with van der Waals surface area (Å²) in [6.45, 7) is 6.86. The van der Waals surface area contributed by atoms with Crippen molar-refractivity contribution in [3.8, 4) is 5.75 Å². The highest BCUT2D eigenvalue weighted by molar-refractivity contribution is 5.94. The van der Waals surface area contributed by atoms with Crippen LogP contribution in [0.2, 0.25) is 0 Å². The lowest BCUT2D eigenvalue weighted by molar-refractivity contribution is -0.123. The Morgan fingerprint density at radius 2 is 1.69 bits per heavy atom. The van der Waals surface area contributed by atoms with E-state index < -0.39 is 0 Å². The number of aryl methyl sites for hydroxylation is 1. The van der Waals surface area contributed by atoms with Crippen molar-refractivity contribution in [2.24, 2.45) is 0 Å². The zero-order chi connectivity index (χ0) is 18.9. The van der Waals surface area contributed by atoms with Gasteiger partial charge in [0.1, 0.15) is 5.75 Å². The predicted molar refractivity (Wildman–Crippen MR) is 103 cm³/mol. The van der Waals surface area contributed by atoms with Crippen LogP contribution >= 0.6 is 0 Å². The summed E-state index contributed by atoms with van der Waals surface area (Å²) in [5.74, 6) is 0.759. The highest BCUT2D eigenvalue weighted by Crippen LogP contribution is 2.24. The molecule has 0 aromatic heterocycles. The summed E-state index contributed by atoms with van der Waals surface area (Å²) in [6.07, 6.45) is 0. The molecule has 2 amide bonds. The van der Waals surface area contributed by atoms with Gasteiger partial charge in [0.15, 0.2) is 6.61 Å². The molecule has 0 atom stereocenters. The highest BCUT2D eigenvalue weighted by Gasteiger charge is 2.08. The van der Waals surface area contributed by atoms with Gasteiger partial charge in [-0.2, -0.15) is 0 Å². The second kappa shape index (κ2) is 9.61. The molecule has 0 heterocycles. The first-order valence-corrected chi connectivity index (χ1v) is 8.80. The monoisotopic (exact) mass is 354 g/mol. The number of ether oxygens (including phenoxy) is 1. The first-order valence-electron chi connectivity index (χ1n) is 8.80. The SMILES string of the molecule is Cc1ccc(C(C)C)cc1OCC(=O)NCCNC(=O)c1ccccc1. The molecule has 5 heteroatoms. The number of hydrogen-bond donors (Lipinski definition) is 2. The smallest absolute Gasteiger partial charge is 0.258 e. The summed E-state index contributed by atoms with van der Waals surface area (Å²) in [6, 6.07) is 15.0. The van der Waals surface area contributed by atoms with Crippen LogP contribution in [-0.2, 0) is 4.79 Å². The van der Waals surface area contributed by atoms with Crippen LogP contribution < -0.4 is 15.4 Å². The van der Waals surface area contributed by atoms with Gasteiger partial charge in [-0.15, -0.1) is 0 Å². The quantitative estimate of drug-likeness (QED) is 0.716. The van der Waals surface area contributed by atoms with Gasteiger partial charge in [-0.1, -0.05) is 44.2 Å². The number of carbonyl (C=O) groups is 2. The normalized spacial score (nSPS) is 10.5. The van der Waals surface area contributed by atoms with E-state index in [1.807, 2.05) is 37.3 Å². The Labute approximate surface area is 154 Å². The summed E-state index contributed by atoms with van der Waals surface area (Å²) in [5.41, 5.74) is 2.77. The summed E-state index contributed by atoms with van der Waals surface area (Å²) in [4.78, 5) is 23.8. The molecule has 0 spiro atoms. The lowest BCUT2D eigenvalue weighted by Gasteiger charge is -2.13. The minimum atomic E-state index is -0.215. The highest BCUT2D eigenvalue weighted by atomic mass is 16.5. The number of hydrogen-bond acceptors (Lipinski definition) is 3. The van der Waals surface area contributed by atoms with E-state index in [0.717, 1.165) is 11.3 Å². The molecule has 2 aromatic carbocycles. The van der Waals surface area contributed by atoms with Crippen molar-refractivity contribution >= 4 is 11.8 Å². The minimum absolute atomic E-state index is 0.0466. The maximum atomic E-state index is 11.9. The molecule has 0 saturated carbocycles. The first-order chi connectivity index (χ1) is 12.5. The first kappa shape index (κ1) is 19.5. The van der Waals surface area contributed by atoms with Crippen LogP contribution in [0.5, 0.6) is 5.75 Å². The lowest BCUT2D eigenvalue weighted by atomic mass is 10.0. The van der Waals surface area contributed by atoms with Crippen LogP contribution in [0.3, 0.4) is 0 Å². The van der Waals surface area contributed by atoms with Crippen LogP contribution in [0.4, 0.5) is 0 Å². The van der Waals surface area contributed by atoms with Crippen LogP contribution in [0.25, 0.3) is 0 Å². The average molecular weight is 354 g/mol. The second-order valence-electron chi connectivity index (χ2n) is 6.44. The van der Waals surface area contributed by atoms with Crippen molar-refractivity contribution in [1.82, 2.24) is 10.6 Å². The van der Waals surface area contributed by atoms with Gasteiger partial charge in [-0.25, -0.2) is 0 Å². The van der Waals surface area contributed by atoms with Gasteiger partial charge in [0.25, 0.3) is 11.8 Å². The van der Waals surface area contributed by atoms with Crippen LogP contribution in [0, 0.1) is 6.92 Å². The molecule has 0 bridgehead atoms. The molecule has 2 aromatic rings. The maximum Gasteiger partial charge on any atom is 0.258 e. The summed E-state index contributed by atoms with van der Waals surface area (Å²) < 4.78 is 5.64. The third kappa shape index (κ3) is 5.92. The van der Waals surface area contributed by atoms with E-state index in [2.05, 4.69) is 30.5 Å². The summed E-state index contributed by atoms with van der Waals surface area (Å²) in [7, 11) is 0. The minimum Gasteiger partial charge on any atom is -0.483 e. The predicted octanol–water partition coefficient (Wildman–Crippen LogP) is 3.04. The molecule has 138 valence electrons. The molecule has 0 aliphatic rings. The molecular weight excluding hydrogens is 328 g/mol. The molecule has 26 heavy (non-hydrogen) atoms. The fourth-order valence-corrected chi connectivity index (χ4v) is 2.40. The largest absolute Gasteiger partial charge is 0.483 e. The number of nitrogens with one attached hydrogen (secondary N) is 2. The van der Waals surface area contributed by atoms with Crippen molar-refractivity contribution in [2.45, 2.75) is 26.7 Å². The van der Waals surface area contributed by atoms with Crippen LogP contribution in [-0.4, -0.2) is 31.5 Å². The fourth-order valence-electron chi connectivity index (χ4n) is 2.40. The van der Waals surface area contributed by atoms with Gasteiger partial charge in [0.05, 0.1) is 0 Å². The molecule has 0 aliphatic heterocycles. The van der Waals surface area contributed by atoms with Crippen molar-refractivity contribution in [1.29, 1.82) is 0 Å². The fraction of sp³-hybridized carbons (Fsp3) is 0.333. The Balaban J connectivity index is 1.71. The van der Waals surface area contributed by atoms with Crippen molar-refractivity contribution in [2.75, 3.05) is 19.7 Å². The van der Waals surface area contributed by atoms with Gasteiger partial charge in [-0.05, 0) is 42.2 Å². The van der Waals surface area contributed by atoms with Crippen LogP contribution in [0.15, 0.2) is 48.5 Å². The number of rotatable bonds is 8. The molecule has 0 fully saturated rings. The van der Waals surface area contributed by atoms with E-state index in [1.165, 1.54) is 5.56 Å². The Morgan fingerprint density at radius 1 is 1.00 bits per heavy atom. The standard InChI is InChI=1S/C21H26N2O3/c1-15(2)18-10-9-16(3)19(13-18)26-14-20(24)22-11-12-23-21(25)17-7-5-4-6-8-17/h4-10,13,15H,11-12,14H2,1-3H3,(H,22,24)(H,23,25). The number of benzene rings is 2. The Kier molecular flexibility index (Phi) is 7.21. The van der Waals surface area contributed by atoms with Gasteiger partial charge in [0, 0.05) is 18.7 Å². The van der Waals surface area contributed by atoms with Crippen molar-refractivity contribution < 1.29 is 14.3 Å². The van der Waals surface area contributed by atoms with E-state index in [9.17, 15) is 9.59 Å². The van der Waals surface area contributed by atoms with E-state index in [4.69, 9.17) is 4.74 Å². The molecule has 0 unspecified atom stereocenters. The lowest BCUT2D eigenvalue weighted by Crippen LogP contribution is -2.36. The van der Waals surface area contributed by atoms with E-state index in [0.29, 0.717) is 24.6 Å². The van der Waals surface area contributed by atoms with E-state index in [1.54, 1.807) is 12.1 Å². The topological polar surface area (TPSA) is 67.4 Å². The molecule has 2 N–H and O–H groups in total. The van der Waals surface area contributed by atoms with E-state index in [-0.39, 0.29) is 18.4 Å². The summed E-state index contributed by atoms with van der Waals surface area (Å²) >= 11 is 0. The van der Waals surface area contributed by atoms with Crippen LogP contribution in [0.1, 0.15) is 41.3 Å². The molecule has 0 aliphatic carbocycles. The maximum absolute atomic E-state index is 11.9. The molecule has 0 saturated heterocycles.